The van der Waals surface area contributed by atoms with Crippen LogP contribution in [0.3, 0.4) is 0 Å². The second kappa shape index (κ2) is 9.66. The summed E-state index contributed by atoms with van der Waals surface area (Å²) >= 11 is 0. The van der Waals surface area contributed by atoms with Crippen LogP contribution in [0.1, 0.15) is 37.3 Å². The van der Waals surface area contributed by atoms with E-state index in [1.165, 1.54) is 11.1 Å². The molecule has 1 aliphatic carbocycles. The molecule has 0 spiro atoms. The first-order chi connectivity index (χ1) is 15.0. The van der Waals surface area contributed by atoms with E-state index in [1.54, 1.807) is 12.1 Å². The molecule has 0 bridgehead atoms. The molecule has 7 heteroatoms. The Morgan fingerprint density at radius 1 is 1.10 bits per heavy atom. The van der Waals surface area contributed by atoms with Gasteiger partial charge in [0, 0.05) is 25.7 Å². The lowest BCUT2D eigenvalue weighted by Gasteiger charge is -2.30. The van der Waals surface area contributed by atoms with E-state index in [4.69, 9.17) is 4.99 Å². The summed E-state index contributed by atoms with van der Waals surface area (Å²) in [6, 6.07) is 17.6. The van der Waals surface area contributed by atoms with E-state index in [9.17, 15) is 8.42 Å². The average molecular weight is 439 g/mol. The molecule has 2 N–H and O–H groups in total. The van der Waals surface area contributed by atoms with E-state index >= 15 is 0 Å². The fourth-order valence-electron chi connectivity index (χ4n) is 3.63. The molecule has 0 saturated heterocycles. The van der Waals surface area contributed by atoms with Gasteiger partial charge < -0.3 is 10.2 Å². The van der Waals surface area contributed by atoms with Crippen molar-refractivity contribution in [2.75, 3.05) is 19.6 Å². The number of hydrogen-bond donors (Lipinski definition) is 2. The molecule has 1 aliphatic heterocycles. The van der Waals surface area contributed by atoms with E-state index in [0.717, 1.165) is 50.4 Å². The van der Waals surface area contributed by atoms with Crippen LogP contribution in [-0.4, -0.2) is 45.0 Å². The van der Waals surface area contributed by atoms with E-state index in [1.807, 2.05) is 18.2 Å². The van der Waals surface area contributed by atoms with Crippen molar-refractivity contribution in [2.45, 2.75) is 43.7 Å². The molecule has 2 aromatic carbocycles. The minimum absolute atomic E-state index is 0.109. The quantitative estimate of drug-likeness (QED) is 0.513. The fraction of sp³-hybridized carbons (Fsp3) is 0.375. The maximum Gasteiger partial charge on any atom is 0.240 e. The first-order valence-electron chi connectivity index (χ1n) is 10.9. The van der Waals surface area contributed by atoms with Gasteiger partial charge in [-0.15, -0.1) is 0 Å². The highest BCUT2D eigenvalue weighted by molar-refractivity contribution is 7.89. The van der Waals surface area contributed by atoms with E-state index in [0.29, 0.717) is 11.4 Å². The van der Waals surface area contributed by atoms with Gasteiger partial charge in [-0.05, 0) is 55.0 Å². The third kappa shape index (κ3) is 5.74. The summed E-state index contributed by atoms with van der Waals surface area (Å²) in [6.07, 6.45) is 5.11. The van der Waals surface area contributed by atoms with Crippen molar-refractivity contribution in [3.63, 3.8) is 0 Å². The van der Waals surface area contributed by atoms with Gasteiger partial charge in [0.25, 0.3) is 0 Å². The Morgan fingerprint density at radius 3 is 2.45 bits per heavy atom. The maximum atomic E-state index is 12.3. The smallest absolute Gasteiger partial charge is 0.240 e. The van der Waals surface area contributed by atoms with Crippen LogP contribution < -0.4 is 10.0 Å². The Labute approximate surface area is 185 Å². The van der Waals surface area contributed by atoms with Crippen LogP contribution in [0.25, 0.3) is 5.57 Å². The van der Waals surface area contributed by atoms with Crippen LogP contribution in [0.2, 0.25) is 0 Å². The van der Waals surface area contributed by atoms with Crippen molar-refractivity contribution >= 4 is 21.6 Å². The van der Waals surface area contributed by atoms with E-state index in [2.05, 4.69) is 52.2 Å². The molecule has 31 heavy (non-hydrogen) atoms. The molecule has 1 heterocycles. The lowest BCUT2D eigenvalue weighted by Crippen LogP contribution is -2.43. The van der Waals surface area contributed by atoms with Crippen LogP contribution in [0, 0.1) is 0 Å². The molecular weight excluding hydrogens is 408 g/mol. The molecule has 0 radical (unpaired) electrons. The van der Waals surface area contributed by atoms with Gasteiger partial charge in [-0.3, -0.25) is 0 Å². The zero-order valence-electron chi connectivity index (χ0n) is 17.9. The predicted molar refractivity (Wildman–Crippen MR) is 125 cm³/mol. The van der Waals surface area contributed by atoms with Gasteiger partial charge in [0.2, 0.25) is 10.0 Å². The third-order valence-electron chi connectivity index (χ3n) is 5.53. The average Bonchev–Trinajstić information content (AvgIpc) is 3.61. The SMILES string of the molecule is CCNC(=NCc1ccc(S(=O)(=O)NC2CC2)cc1)N1CC=C(c2ccccc2)CC1. The number of sulfonamides is 1. The first-order valence-corrected chi connectivity index (χ1v) is 12.4. The normalized spacial score (nSPS) is 17.4. The molecule has 2 aromatic rings. The number of hydrogen-bond acceptors (Lipinski definition) is 3. The standard InChI is InChI=1S/C24H30N4O2S/c1-2-25-24(28-16-14-21(15-17-28)20-6-4-3-5-7-20)26-18-19-8-12-23(13-9-19)31(29,30)27-22-10-11-22/h3-9,12-14,22,27H,2,10-11,15-18H2,1H3,(H,25,26). The highest BCUT2D eigenvalue weighted by Gasteiger charge is 2.27. The van der Waals surface area contributed by atoms with Crippen molar-refractivity contribution in [1.29, 1.82) is 0 Å². The molecule has 1 fully saturated rings. The van der Waals surface area contributed by atoms with Crippen molar-refractivity contribution in [2.24, 2.45) is 4.99 Å². The van der Waals surface area contributed by atoms with E-state index < -0.39 is 10.0 Å². The second-order valence-electron chi connectivity index (χ2n) is 8.00. The Balaban J connectivity index is 1.40. The molecule has 0 aromatic heterocycles. The molecule has 2 aliphatic rings. The molecule has 4 rings (SSSR count). The third-order valence-corrected chi connectivity index (χ3v) is 7.07. The molecule has 0 amide bonds. The van der Waals surface area contributed by atoms with E-state index in [-0.39, 0.29) is 6.04 Å². The molecule has 1 saturated carbocycles. The monoisotopic (exact) mass is 438 g/mol. The summed E-state index contributed by atoms with van der Waals surface area (Å²) in [5.74, 6) is 0.887. The number of aliphatic imine (C=N–C) groups is 1. The Bertz CT molecular complexity index is 1040. The molecule has 6 nitrogen and oxygen atoms in total. The van der Waals surface area contributed by atoms with Crippen molar-refractivity contribution < 1.29 is 8.42 Å². The highest BCUT2D eigenvalue weighted by atomic mass is 32.2. The number of nitrogens with zero attached hydrogens (tertiary/aromatic N) is 2. The van der Waals surface area contributed by atoms with Crippen molar-refractivity contribution in [1.82, 2.24) is 14.9 Å². The van der Waals surface area contributed by atoms with Gasteiger partial charge in [0.1, 0.15) is 0 Å². The Morgan fingerprint density at radius 2 is 1.84 bits per heavy atom. The van der Waals surface area contributed by atoms with Gasteiger partial charge in [0.05, 0.1) is 11.4 Å². The van der Waals surface area contributed by atoms with Gasteiger partial charge in [-0.1, -0.05) is 48.5 Å². The van der Waals surface area contributed by atoms with Gasteiger partial charge in [-0.25, -0.2) is 18.1 Å². The largest absolute Gasteiger partial charge is 0.356 e. The summed E-state index contributed by atoms with van der Waals surface area (Å²) in [6.45, 7) is 5.10. The second-order valence-corrected chi connectivity index (χ2v) is 9.72. The van der Waals surface area contributed by atoms with Crippen LogP contribution in [-0.2, 0) is 16.6 Å². The lowest BCUT2D eigenvalue weighted by atomic mass is 10.00. The molecule has 0 atom stereocenters. The van der Waals surface area contributed by atoms with Crippen LogP contribution in [0.4, 0.5) is 0 Å². The van der Waals surface area contributed by atoms with Crippen LogP contribution in [0.15, 0.2) is 70.6 Å². The summed E-state index contributed by atoms with van der Waals surface area (Å²) < 4.78 is 27.4. The molecule has 164 valence electrons. The van der Waals surface area contributed by atoms with Gasteiger partial charge >= 0.3 is 0 Å². The summed E-state index contributed by atoms with van der Waals surface area (Å²) in [7, 11) is -3.41. The zero-order valence-corrected chi connectivity index (χ0v) is 18.7. The summed E-state index contributed by atoms with van der Waals surface area (Å²) in [4.78, 5) is 7.36. The number of benzene rings is 2. The number of guanidine groups is 1. The maximum absolute atomic E-state index is 12.3. The van der Waals surface area contributed by atoms with Gasteiger partial charge in [0.15, 0.2) is 5.96 Å². The van der Waals surface area contributed by atoms with Crippen LogP contribution in [0.5, 0.6) is 0 Å². The predicted octanol–water partition coefficient (Wildman–Crippen LogP) is 3.38. The number of nitrogens with one attached hydrogen (secondary N) is 2. The van der Waals surface area contributed by atoms with Crippen molar-refractivity contribution in [3.8, 4) is 0 Å². The number of rotatable bonds is 7. The fourth-order valence-corrected chi connectivity index (χ4v) is 4.94. The topological polar surface area (TPSA) is 73.8 Å². The molecule has 0 unspecified atom stereocenters. The minimum atomic E-state index is -3.41. The van der Waals surface area contributed by atoms with Crippen molar-refractivity contribution in [3.05, 3.63) is 71.8 Å². The summed E-state index contributed by atoms with van der Waals surface area (Å²) in [5.41, 5.74) is 3.65. The van der Waals surface area contributed by atoms with Gasteiger partial charge in [-0.2, -0.15) is 0 Å². The first kappa shape index (κ1) is 21.6. The molecular formula is C24H30N4O2S. The highest BCUT2D eigenvalue weighted by Crippen LogP contribution is 2.23. The zero-order chi connectivity index (χ0) is 21.7. The lowest BCUT2D eigenvalue weighted by molar-refractivity contribution is 0.440. The summed E-state index contributed by atoms with van der Waals surface area (Å²) in [5, 5.41) is 3.38. The minimum Gasteiger partial charge on any atom is -0.356 e. The Hall–Kier alpha value is -2.64. The Kier molecular flexibility index (Phi) is 6.73. The van der Waals surface area contributed by atoms with Crippen LogP contribution >= 0.6 is 0 Å².